The van der Waals surface area contributed by atoms with E-state index in [1.54, 1.807) is 0 Å². The van der Waals surface area contributed by atoms with Gasteiger partial charge in [-0.15, -0.1) is 0 Å². The molecule has 92 valence electrons. The Kier molecular flexibility index (Phi) is 3.78. The average molecular weight is 240 g/mol. The van der Waals surface area contributed by atoms with Gasteiger partial charge in [-0.1, -0.05) is 18.2 Å². The number of aldehydes is 1. The molecule has 0 aliphatic carbocycles. The number of carbonyl (C=O) groups excluding carboxylic acids is 1. The molecule has 0 saturated heterocycles. The second-order valence-corrected chi connectivity index (χ2v) is 4.32. The minimum atomic E-state index is 0.462. The summed E-state index contributed by atoms with van der Waals surface area (Å²) >= 11 is 0. The summed E-state index contributed by atoms with van der Waals surface area (Å²) in [6, 6.07) is 13.6. The van der Waals surface area contributed by atoms with E-state index in [0.29, 0.717) is 6.42 Å². The Bertz CT molecular complexity index is 521. The Balaban J connectivity index is 2.28. The molecular weight excluding hydrogens is 224 g/mol. The fourth-order valence-electron chi connectivity index (χ4n) is 2.04. The maximum atomic E-state index is 10.6. The molecule has 0 spiro atoms. The molecule has 0 bridgehead atoms. The summed E-state index contributed by atoms with van der Waals surface area (Å²) in [6.45, 7) is 4.01. The van der Waals surface area contributed by atoms with E-state index in [2.05, 4.69) is 0 Å². The van der Waals surface area contributed by atoms with Gasteiger partial charge in [0.05, 0.1) is 0 Å². The van der Waals surface area contributed by atoms with Gasteiger partial charge in [-0.2, -0.15) is 0 Å². The molecule has 0 unspecified atom stereocenters. The van der Waals surface area contributed by atoms with Crippen LogP contribution in [0.15, 0.2) is 42.5 Å². The summed E-state index contributed by atoms with van der Waals surface area (Å²) in [6.07, 6.45) is 1.40. The third kappa shape index (κ3) is 2.77. The van der Waals surface area contributed by atoms with Gasteiger partial charge in [-0.05, 0) is 54.8 Å². The van der Waals surface area contributed by atoms with Crippen LogP contribution in [0.2, 0.25) is 0 Å². The monoisotopic (exact) mass is 240 g/mol. The van der Waals surface area contributed by atoms with Crippen molar-refractivity contribution in [1.82, 2.24) is 0 Å². The molecule has 18 heavy (non-hydrogen) atoms. The van der Waals surface area contributed by atoms with Gasteiger partial charge in [0.15, 0.2) is 0 Å². The molecular formula is C16H16O2. The molecule has 0 radical (unpaired) electrons. The fourth-order valence-corrected chi connectivity index (χ4v) is 2.04. The number of ether oxygens (including phenoxy) is 1. The molecule has 0 heterocycles. The Morgan fingerprint density at radius 3 is 2.17 bits per heavy atom. The van der Waals surface area contributed by atoms with Crippen LogP contribution < -0.4 is 4.74 Å². The molecule has 2 rings (SSSR count). The van der Waals surface area contributed by atoms with Gasteiger partial charge in [-0.25, -0.2) is 0 Å². The van der Waals surface area contributed by atoms with Crippen LogP contribution in [0.25, 0.3) is 0 Å². The fraction of sp³-hybridized carbons (Fsp3) is 0.188. The van der Waals surface area contributed by atoms with Crippen molar-refractivity contribution in [3.63, 3.8) is 0 Å². The van der Waals surface area contributed by atoms with Crippen LogP contribution in [-0.2, 0) is 11.2 Å². The van der Waals surface area contributed by atoms with E-state index in [0.717, 1.165) is 34.5 Å². The second-order valence-electron chi connectivity index (χ2n) is 4.32. The average Bonchev–Trinajstić information content (AvgIpc) is 2.35. The minimum absolute atomic E-state index is 0.462. The Hall–Kier alpha value is -2.09. The summed E-state index contributed by atoms with van der Waals surface area (Å²) < 4.78 is 5.78. The lowest BCUT2D eigenvalue weighted by Gasteiger charge is -2.11. The lowest BCUT2D eigenvalue weighted by Crippen LogP contribution is -1.96. The van der Waals surface area contributed by atoms with Crippen molar-refractivity contribution in [2.75, 3.05) is 0 Å². The smallest absolute Gasteiger partial charge is 0.127 e. The first kappa shape index (κ1) is 12.4. The van der Waals surface area contributed by atoms with Crippen LogP contribution in [-0.4, -0.2) is 6.29 Å². The molecule has 0 atom stereocenters. The molecule has 2 nitrogen and oxygen atoms in total. The number of benzene rings is 2. The minimum Gasteiger partial charge on any atom is -0.457 e. The largest absolute Gasteiger partial charge is 0.457 e. The highest BCUT2D eigenvalue weighted by Gasteiger charge is 2.06. The van der Waals surface area contributed by atoms with E-state index in [9.17, 15) is 4.79 Å². The second kappa shape index (κ2) is 5.50. The number of hydrogen-bond donors (Lipinski definition) is 0. The van der Waals surface area contributed by atoms with Crippen LogP contribution in [0.4, 0.5) is 0 Å². The molecule has 0 aliphatic rings. The van der Waals surface area contributed by atoms with Gasteiger partial charge in [0.1, 0.15) is 17.8 Å². The quantitative estimate of drug-likeness (QED) is 0.759. The first-order valence-electron chi connectivity index (χ1n) is 5.97. The van der Waals surface area contributed by atoms with Crippen molar-refractivity contribution in [3.05, 3.63) is 59.2 Å². The van der Waals surface area contributed by atoms with Crippen molar-refractivity contribution in [2.24, 2.45) is 0 Å². The number of hydrogen-bond acceptors (Lipinski definition) is 2. The molecule has 0 N–H and O–H groups in total. The third-order valence-corrected chi connectivity index (χ3v) is 2.94. The highest BCUT2D eigenvalue weighted by atomic mass is 16.5. The van der Waals surface area contributed by atoms with Gasteiger partial charge in [0.2, 0.25) is 0 Å². The van der Waals surface area contributed by atoms with Crippen molar-refractivity contribution in [3.8, 4) is 11.5 Å². The van der Waals surface area contributed by atoms with Gasteiger partial charge in [-0.3, -0.25) is 0 Å². The van der Waals surface area contributed by atoms with E-state index >= 15 is 0 Å². The number of aryl methyl sites for hydroxylation is 2. The summed E-state index contributed by atoms with van der Waals surface area (Å²) in [4.78, 5) is 10.6. The number of carbonyl (C=O) groups is 1. The van der Waals surface area contributed by atoms with Gasteiger partial charge >= 0.3 is 0 Å². The first-order chi connectivity index (χ1) is 8.70. The predicted molar refractivity (Wildman–Crippen MR) is 72.2 cm³/mol. The van der Waals surface area contributed by atoms with E-state index in [4.69, 9.17) is 4.74 Å². The summed E-state index contributed by atoms with van der Waals surface area (Å²) in [5.41, 5.74) is 3.27. The van der Waals surface area contributed by atoms with Crippen molar-refractivity contribution < 1.29 is 9.53 Å². The van der Waals surface area contributed by atoms with Crippen molar-refractivity contribution in [1.29, 1.82) is 0 Å². The molecule has 0 amide bonds. The molecule has 0 aromatic heterocycles. The zero-order valence-electron chi connectivity index (χ0n) is 10.6. The van der Waals surface area contributed by atoms with E-state index in [-0.39, 0.29) is 0 Å². The topological polar surface area (TPSA) is 26.3 Å². The SMILES string of the molecule is Cc1cc(Oc2ccccc2)cc(C)c1CC=O. The Morgan fingerprint density at radius 2 is 1.61 bits per heavy atom. The maximum Gasteiger partial charge on any atom is 0.127 e. The lowest BCUT2D eigenvalue weighted by atomic mass is 10.0. The van der Waals surface area contributed by atoms with Crippen molar-refractivity contribution >= 4 is 6.29 Å². The summed E-state index contributed by atoms with van der Waals surface area (Å²) in [5, 5.41) is 0. The Labute approximate surface area is 107 Å². The van der Waals surface area contributed by atoms with Gasteiger partial charge < -0.3 is 9.53 Å². The Morgan fingerprint density at radius 1 is 1.00 bits per heavy atom. The number of rotatable bonds is 4. The molecule has 0 aliphatic heterocycles. The maximum absolute atomic E-state index is 10.6. The normalized spacial score (nSPS) is 10.1. The molecule has 0 fully saturated rings. The molecule has 0 saturated carbocycles. The highest BCUT2D eigenvalue weighted by Crippen LogP contribution is 2.26. The summed E-state index contributed by atoms with van der Waals surface area (Å²) in [7, 11) is 0. The van der Waals surface area contributed by atoms with Gasteiger partial charge in [0, 0.05) is 6.42 Å². The van der Waals surface area contributed by atoms with E-state index < -0.39 is 0 Å². The van der Waals surface area contributed by atoms with Crippen LogP contribution in [0, 0.1) is 13.8 Å². The van der Waals surface area contributed by atoms with Gasteiger partial charge in [0.25, 0.3) is 0 Å². The zero-order valence-corrected chi connectivity index (χ0v) is 10.6. The molecule has 2 aromatic carbocycles. The van der Waals surface area contributed by atoms with Crippen LogP contribution in [0.5, 0.6) is 11.5 Å². The van der Waals surface area contributed by atoms with E-state index in [1.165, 1.54) is 0 Å². The first-order valence-corrected chi connectivity index (χ1v) is 5.97. The standard InChI is InChI=1S/C16H16O2/c1-12-10-15(11-13(2)16(12)8-9-17)18-14-6-4-3-5-7-14/h3-7,9-11H,8H2,1-2H3. The highest BCUT2D eigenvalue weighted by molar-refractivity contribution is 5.58. The number of para-hydroxylation sites is 1. The van der Waals surface area contributed by atoms with E-state index in [1.807, 2.05) is 56.3 Å². The van der Waals surface area contributed by atoms with Crippen LogP contribution >= 0.6 is 0 Å². The third-order valence-electron chi connectivity index (χ3n) is 2.94. The molecule has 2 aromatic rings. The van der Waals surface area contributed by atoms with Crippen LogP contribution in [0.1, 0.15) is 16.7 Å². The lowest BCUT2D eigenvalue weighted by molar-refractivity contribution is -0.107. The van der Waals surface area contributed by atoms with Crippen LogP contribution in [0.3, 0.4) is 0 Å². The van der Waals surface area contributed by atoms with Crippen molar-refractivity contribution in [2.45, 2.75) is 20.3 Å². The summed E-state index contributed by atoms with van der Waals surface area (Å²) in [5.74, 6) is 1.63. The zero-order chi connectivity index (χ0) is 13.0. The predicted octanol–water partition coefficient (Wildman–Crippen LogP) is 3.84. The molecule has 2 heteroatoms.